The summed E-state index contributed by atoms with van der Waals surface area (Å²) in [6.07, 6.45) is 3.00. The molecule has 0 radical (unpaired) electrons. The molecular weight excluding hydrogens is 428 g/mol. The van der Waals surface area contributed by atoms with Crippen LogP contribution in [-0.4, -0.2) is 21.8 Å². The molecule has 0 aliphatic heterocycles. The Labute approximate surface area is 197 Å². The number of carboxylic acid groups (broad SMARTS) is 1. The monoisotopic (exact) mass is 454 g/mol. The van der Waals surface area contributed by atoms with E-state index in [0.717, 1.165) is 46.3 Å². The van der Waals surface area contributed by atoms with Crippen LogP contribution in [-0.2, 0) is 4.79 Å². The first-order valence-electron chi connectivity index (χ1n) is 11.6. The minimum Gasteiger partial charge on any atom is -0.481 e. The van der Waals surface area contributed by atoms with Gasteiger partial charge in [0.25, 0.3) is 6.01 Å². The van der Waals surface area contributed by atoms with Crippen molar-refractivity contribution in [2.75, 3.05) is 5.32 Å². The molecule has 2 atom stereocenters. The number of hydrogen-bond acceptors (Lipinski definition) is 5. The molecule has 6 heteroatoms. The van der Waals surface area contributed by atoms with Crippen LogP contribution in [0, 0.1) is 18.8 Å². The third-order valence-electron chi connectivity index (χ3n) is 6.60. The fraction of sp³-hybridized carbons (Fsp3) is 0.250. The topological polar surface area (TPSA) is 92.4 Å². The highest BCUT2D eigenvalue weighted by atomic mass is 16.4. The molecule has 1 heterocycles. The van der Waals surface area contributed by atoms with Crippen molar-refractivity contribution in [3.05, 3.63) is 77.9 Å². The van der Waals surface area contributed by atoms with Gasteiger partial charge in [0.2, 0.25) is 0 Å². The molecule has 0 spiro atoms. The molecular formula is C28H26N2O4. The molecule has 0 amide bonds. The number of oxazole rings is 1. The molecule has 172 valence electrons. The van der Waals surface area contributed by atoms with Crippen molar-refractivity contribution in [1.82, 2.24) is 4.98 Å². The first kappa shape index (κ1) is 21.9. The fourth-order valence-corrected chi connectivity index (χ4v) is 4.74. The Morgan fingerprint density at radius 3 is 2.24 bits per heavy atom. The number of nitrogens with one attached hydrogen (secondary N) is 1. The first-order valence-corrected chi connectivity index (χ1v) is 11.6. The van der Waals surface area contributed by atoms with E-state index >= 15 is 0 Å². The Balaban J connectivity index is 1.28. The van der Waals surface area contributed by atoms with Gasteiger partial charge in [-0.3, -0.25) is 9.59 Å². The van der Waals surface area contributed by atoms with Gasteiger partial charge in [-0.15, -0.1) is 0 Å². The van der Waals surface area contributed by atoms with Crippen molar-refractivity contribution in [1.29, 1.82) is 0 Å². The SMILES string of the molecule is Cc1ccc2oc(Nc3ccc(-c4ccc(C(=O)[C@@H]5CCCC[C@H]5C(=O)O)cc4)cc3)nc2c1. The van der Waals surface area contributed by atoms with E-state index in [2.05, 4.69) is 10.3 Å². The van der Waals surface area contributed by atoms with Crippen LogP contribution in [0.3, 0.4) is 0 Å². The van der Waals surface area contributed by atoms with Gasteiger partial charge in [0.1, 0.15) is 5.52 Å². The summed E-state index contributed by atoms with van der Waals surface area (Å²) in [5.41, 5.74) is 6.11. The predicted molar refractivity (Wildman–Crippen MR) is 131 cm³/mol. The van der Waals surface area contributed by atoms with Gasteiger partial charge >= 0.3 is 5.97 Å². The predicted octanol–water partition coefficient (Wildman–Crippen LogP) is 6.62. The molecule has 1 aliphatic rings. The van der Waals surface area contributed by atoms with Gasteiger partial charge < -0.3 is 14.8 Å². The smallest absolute Gasteiger partial charge is 0.307 e. The van der Waals surface area contributed by atoms with E-state index in [1.165, 1.54) is 0 Å². The van der Waals surface area contributed by atoms with Crippen molar-refractivity contribution in [2.24, 2.45) is 11.8 Å². The normalized spacial score (nSPS) is 18.0. The molecule has 5 rings (SSSR count). The van der Waals surface area contributed by atoms with Crippen LogP contribution in [0.5, 0.6) is 0 Å². The second-order valence-corrected chi connectivity index (χ2v) is 8.97. The zero-order valence-corrected chi connectivity index (χ0v) is 19.0. The summed E-state index contributed by atoms with van der Waals surface area (Å²) in [5.74, 6) is -1.94. The molecule has 2 N–H and O–H groups in total. The number of carbonyl (C=O) groups excluding carboxylic acids is 1. The van der Waals surface area contributed by atoms with Crippen LogP contribution >= 0.6 is 0 Å². The number of aromatic nitrogens is 1. The van der Waals surface area contributed by atoms with Crippen LogP contribution in [0.4, 0.5) is 11.7 Å². The first-order chi connectivity index (χ1) is 16.5. The highest BCUT2D eigenvalue weighted by Gasteiger charge is 2.35. The number of hydrogen-bond donors (Lipinski definition) is 2. The van der Waals surface area contributed by atoms with Crippen molar-refractivity contribution < 1.29 is 19.1 Å². The maximum atomic E-state index is 13.0. The van der Waals surface area contributed by atoms with Gasteiger partial charge in [-0.25, -0.2) is 0 Å². The molecule has 6 nitrogen and oxygen atoms in total. The Morgan fingerprint density at radius 2 is 1.56 bits per heavy atom. The number of anilines is 2. The van der Waals surface area contributed by atoms with Crippen LogP contribution < -0.4 is 5.32 Å². The van der Waals surface area contributed by atoms with Crippen LogP contribution in [0.1, 0.15) is 41.6 Å². The van der Waals surface area contributed by atoms with Gasteiger partial charge in [-0.05, 0) is 60.7 Å². The number of Topliss-reactive ketones (excluding diaryl/α,β-unsaturated/α-hetero) is 1. The van der Waals surface area contributed by atoms with Gasteiger partial charge in [-0.1, -0.05) is 55.3 Å². The number of benzene rings is 3. The summed E-state index contributed by atoms with van der Waals surface area (Å²) in [6.45, 7) is 2.02. The summed E-state index contributed by atoms with van der Waals surface area (Å²) >= 11 is 0. The zero-order valence-electron chi connectivity index (χ0n) is 19.0. The minimum absolute atomic E-state index is 0.0632. The Morgan fingerprint density at radius 1 is 0.912 bits per heavy atom. The number of aliphatic carboxylic acids is 1. The maximum Gasteiger partial charge on any atom is 0.307 e. The highest BCUT2D eigenvalue weighted by Crippen LogP contribution is 2.33. The van der Waals surface area contributed by atoms with Crippen LogP contribution in [0.15, 0.2) is 71.1 Å². The maximum absolute atomic E-state index is 13.0. The summed E-state index contributed by atoms with van der Waals surface area (Å²) in [7, 11) is 0. The molecule has 0 unspecified atom stereocenters. The lowest BCUT2D eigenvalue weighted by molar-refractivity contribution is -0.144. The number of fused-ring (bicyclic) bond motifs is 1. The second-order valence-electron chi connectivity index (χ2n) is 8.97. The van der Waals surface area contributed by atoms with E-state index in [0.29, 0.717) is 24.4 Å². The van der Waals surface area contributed by atoms with Crippen molar-refractivity contribution in [2.45, 2.75) is 32.6 Å². The number of rotatable bonds is 6. The number of ketones is 1. The van der Waals surface area contributed by atoms with Crippen molar-refractivity contribution >= 4 is 34.6 Å². The summed E-state index contributed by atoms with van der Waals surface area (Å²) in [5, 5.41) is 12.7. The van der Waals surface area contributed by atoms with Crippen LogP contribution in [0.2, 0.25) is 0 Å². The van der Waals surface area contributed by atoms with Gasteiger partial charge in [0.05, 0.1) is 5.92 Å². The molecule has 4 aromatic rings. The Hall–Kier alpha value is -3.93. The number of aryl methyl sites for hydroxylation is 1. The molecule has 1 saturated carbocycles. The standard InChI is InChI=1S/C28H26N2O4/c1-17-6-15-25-24(16-17)30-28(34-25)29-21-13-11-19(12-14-21)18-7-9-20(10-8-18)26(31)22-4-2-3-5-23(22)27(32)33/h6-16,22-23H,2-5H2,1H3,(H,29,30)(H,32,33)/t22-,23-/m1/s1. The number of carboxylic acids is 1. The van der Waals surface area contributed by atoms with Crippen LogP contribution in [0.25, 0.3) is 22.2 Å². The van der Waals surface area contributed by atoms with Crippen molar-refractivity contribution in [3.63, 3.8) is 0 Å². The molecule has 1 aromatic heterocycles. The molecule has 0 bridgehead atoms. The van der Waals surface area contributed by atoms with E-state index in [1.54, 1.807) is 12.1 Å². The lowest BCUT2D eigenvalue weighted by Crippen LogP contribution is -2.32. The lowest BCUT2D eigenvalue weighted by atomic mass is 9.75. The lowest BCUT2D eigenvalue weighted by Gasteiger charge is -2.27. The van der Waals surface area contributed by atoms with E-state index < -0.39 is 17.8 Å². The average molecular weight is 455 g/mol. The fourth-order valence-electron chi connectivity index (χ4n) is 4.74. The molecule has 34 heavy (non-hydrogen) atoms. The quantitative estimate of drug-likeness (QED) is 0.318. The third-order valence-corrected chi connectivity index (χ3v) is 6.60. The molecule has 3 aromatic carbocycles. The van der Waals surface area contributed by atoms with E-state index in [1.807, 2.05) is 61.5 Å². The van der Waals surface area contributed by atoms with Crippen molar-refractivity contribution in [3.8, 4) is 11.1 Å². The third kappa shape index (κ3) is 4.44. The summed E-state index contributed by atoms with van der Waals surface area (Å²) < 4.78 is 5.76. The minimum atomic E-state index is -0.865. The van der Waals surface area contributed by atoms with E-state index in [9.17, 15) is 14.7 Å². The molecule has 0 saturated heterocycles. The molecule has 1 fully saturated rings. The Bertz CT molecular complexity index is 1340. The van der Waals surface area contributed by atoms with Gasteiger partial charge in [-0.2, -0.15) is 4.98 Å². The van der Waals surface area contributed by atoms with E-state index in [4.69, 9.17) is 4.42 Å². The average Bonchev–Trinajstić information content (AvgIpc) is 3.25. The zero-order chi connectivity index (χ0) is 23.7. The molecule has 1 aliphatic carbocycles. The second kappa shape index (κ2) is 9.14. The highest BCUT2D eigenvalue weighted by molar-refractivity contribution is 6.00. The number of carbonyl (C=O) groups is 2. The van der Waals surface area contributed by atoms with E-state index in [-0.39, 0.29) is 5.78 Å². The summed E-state index contributed by atoms with van der Waals surface area (Å²) in [6, 6.07) is 21.7. The van der Waals surface area contributed by atoms with Gasteiger partial charge in [0.15, 0.2) is 11.4 Å². The number of nitrogens with zero attached hydrogens (tertiary/aromatic N) is 1. The largest absolute Gasteiger partial charge is 0.481 e. The van der Waals surface area contributed by atoms with Gasteiger partial charge in [0, 0.05) is 17.2 Å². The Kier molecular flexibility index (Phi) is 5.88. The summed E-state index contributed by atoms with van der Waals surface area (Å²) in [4.78, 5) is 29.0.